The monoisotopic (exact) mass is 406 g/mol. The summed E-state index contributed by atoms with van der Waals surface area (Å²) in [6.45, 7) is 0. The summed E-state index contributed by atoms with van der Waals surface area (Å²) in [6.07, 6.45) is 2.91. The van der Waals surface area contributed by atoms with E-state index in [1.165, 1.54) is 17.4 Å². The first-order chi connectivity index (χ1) is 14.0. The van der Waals surface area contributed by atoms with Crippen LogP contribution in [0, 0.1) is 0 Å². The third-order valence-electron chi connectivity index (χ3n) is 3.89. The van der Waals surface area contributed by atoms with Crippen molar-refractivity contribution in [3.8, 4) is 5.75 Å². The lowest BCUT2D eigenvalue weighted by Crippen LogP contribution is -2.17. The molecular formula is C22H18N2O4S. The summed E-state index contributed by atoms with van der Waals surface area (Å²) in [5.41, 5.74) is 1.91. The van der Waals surface area contributed by atoms with Crippen LogP contribution in [0.4, 0.5) is 5.69 Å². The standard InChI is InChI=1S/C22H18N2O4S/c1-23-21(26)16-7-4-15(5-8-16)6-13-20(25)28-18-11-9-17(10-12-18)24-22(27)19-3-2-14-29-19/h2-14H,1H3,(H,23,26)(H,24,27)/b13-6+. The van der Waals surface area contributed by atoms with Crippen LogP contribution in [0.2, 0.25) is 0 Å². The van der Waals surface area contributed by atoms with Crippen molar-refractivity contribution in [3.63, 3.8) is 0 Å². The molecule has 2 aromatic carbocycles. The number of nitrogens with one attached hydrogen (secondary N) is 2. The number of anilines is 1. The number of hydrogen-bond acceptors (Lipinski definition) is 5. The Hall–Kier alpha value is -3.71. The minimum atomic E-state index is -0.532. The second kappa shape index (κ2) is 9.48. The van der Waals surface area contributed by atoms with E-state index in [1.54, 1.807) is 67.7 Å². The van der Waals surface area contributed by atoms with Gasteiger partial charge in [-0.3, -0.25) is 9.59 Å². The van der Waals surface area contributed by atoms with Gasteiger partial charge in [-0.1, -0.05) is 18.2 Å². The number of rotatable bonds is 6. The second-order valence-corrected chi connectivity index (χ2v) is 6.86. The molecule has 0 saturated carbocycles. The van der Waals surface area contributed by atoms with Crippen molar-refractivity contribution in [1.29, 1.82) is 0 Å². The molecule has 3 rings (SSSR count). The molecule has 0 spiro atoms. The molecule has 2 amide bonds. The first-order valence-electron chi connectivity index (χ1n) is 8.72. The molecular weight excluding hydrogens is 388 g/mol. The Kier molecular flexibility index (Phi) is 6.55. The fourth-order valence-electron chi connectivity index (χ4n) is 2.41. The summed E-state index contributed by atoms with van der Waals surface area (Å²) in [5, 5.41) is 7.16. The molecule has 0 saturated heterocycles. The largest absolute Gasteiger partial charge is 0.423 e. The zero-order valence-corrected chi connectivity index (χ0v) is 16.4. The number of esters is 1. The number of amides is 2. The SMILES string of the molecule is CNC(=O)c1ccc(/C=C/C(=O)Oc2ccc(NC(=O)c3cccs3)cc2)cc1. The van der Waals surface area contributed by atoms with Crippen LogP contribution in [-0.4, -0.2) is 24.8 Å². The molecule has 1 aromatic heterocycles. The lowest BCUT2D eigenvalue weighted by atomic mass is 10.1. The Morgan fingerprint density at radius 1 is 0.931 bits per heavy atom. The molecule has 0 aliphatic rings. The van der Waals surface area contributed by atoms with Crippen molar-refractivity contribution >= 4 is 40.9 Å². The van der Waals surface area contributed by atoms with Crippen LogP contribution < -0.4 is 15.4 Å². The minimum Gasteiger partial charge on any atom is -0.423 e. The molecule has 0 aliphatic carbocycles. The van der Waals surface area contributed by atoms with E-state index >= 15 is 0 Å². The van der Waals surface area contributed by atoms with Gasteiger partial charge in [0.2, 0.25) is 0 Å². The molecule has 0 fully saturated rings. The molecule has 7 heteroatoms. The van der Waals surface area contributed by atoms with E-state index in [-0.39, 0.29) is 11.8 Å². The summed E-state index contributed by atoms with van der Waals surface area (Å²) in [6, 6.07) is 16.9. The average molecular weight is 406 g/mol. The molecule has 0 bridgehead atoms. The predicted octanol–water partition coefficient (Wildman–Crippen LogP) is 3.98. The van der Waals surface area contributed by atoms with Crippen molar-refractivity contribution in [1.82, 2.24) is 5.32 Å². The van der Waals surface area contributed by atoms with E-state index < -0.39 is 5.97 Å². The highest BCUT2D eigenvalue weighted by Gasteiger charge is 2.07. The van der Waals surface area contributed by atoms with Crippen molar-refractivity contribution < 1.29 is 19.1 Å². The summed E-state index contributed by atoms with van der Waals surface area (Å²) in [4.78, 5) is 36.1. The quantitative estimate of drug-likeness (QED) is 0.368. The number of carbonyl (C=O) groups excluding carboxylic acids is 3. The zero-order valence-electron chi connectivity index (χ0n) is 15.5. The maximum absolute atomic E-state index is 12.0. The third kappa shape index (κ3) is 5.63. The van der Waals surface area contributed by atoms with Crippen LogP contribution in [0.25, 0.3) is 6.08 Å². The van der Waals surface area contributed by atoms with Gasteiger partial charge in [-0.05, 0) is 59.5 Å². The highest BCUT2D eigenvalue weighted by molar-refractivity contribution is 7.12. The Bertz CT molecular complexity index is 1020. The lowest BCUT2D eigenvalue weighted by Gasteiger charge is -2.05. The molecule has 1 heterocycles. The van der Waals surface area contributed by atoms with Crippen molar-refractivity contribution in [2.75, 3.05) is 12.4 Å². The minimum absolute atomic E-state index is 0.171. The van der Waals surface area contributed by atoms with Crippen LogP contribution in [0.1, 0.15) is 25.6 Å². The van der Waals surface area contributed by atoms with Crippen molar-refractivity contribution in [3.05, 3.63) is 88.1 Å². The highest BCUT2D eigenvalue weighted by Crippen LogP contribution is 2.18. The van der Waals surface area contributed by atoms with Gasteiger partial charge in [0.15, 0.2) is 0 Å². The first kappa shape index (κ1) is 20.0. The Morgan fingerprint density at radius 3 is 2.28 bits per heavy atom. The van der Waals surface area contributed by atoms with Crippen LogP contribution >= 0.6 is 11.3 Å². The van der Waals surface area contributed by atoms with Crippen LogP contribution in [0.3, 0.4) is 0 Å². The maximum Gasteiger partial charge on any atom is 0.336 e. The Balaban J connectivity index is 1.54. The number of hydrogen-bond donors (Lipinski definition) is 2. The van der Waals surface area contributed by atoms with Gasteiger partial charge in [-0.15, -0.1) is 11.3 Å². The van der Waals surface area contributed by atoms with Gasteiger partial charge in [0.25, 0.3) is 11.8 Å². The Morgan fingerprint density at radius 2 is 1.66 bits per heavy atom. The van der Waals surface area contributed by atoms with Crippen molar-refractivity contribution in [2.24, 2.45) is 0 Å². The second-order valence-electron chi connectivity index (χ2n) is 5.91. The van der Waals surface area contributed by atoms with Crippen molar-refractivity contribution in [2.45, 2.75) is 0 Å². The van der Waals surface area contributed by atoms with Crippen LogP contribution in [0.15, 0.2) is 72.1 Å². The first-order valence-corrected chi connectivity index (χ1v) is 9.60. The molecule has 0 aliphatic heterocycles. The van der Waals surface area contributed by atoms with E-state index in [0.717, 1.165) is 5.56 Å². The van der Waals surface area contributed by atoms with E-state index in [1.807, 2.05) is 11.4 Å². The normalized spacial score (nSPS) is 10.5. The average Bonchev–Trinajstić information content (AvgIpc) is 3.28. The number of thiophene rings is 1. The summed E-state index contributed by atoms with van der Waals surface area (Å²) < 4.78 is 5.25. The molecule has 0 unspecified atom stereocenters. The number of benzene rings is 2. The van der Waals surface area contributed by atoms with Gasteiger partial charge >= 0.3 is 5.97 Å². The summed E-state index contributed by atoms with van der Waals surface area (Å²) in [7, 11) is 1.57. The predicted molar refractivity (Wildman–Crippen MR) is 113 cm³/mol. The molecule has 2 N–H and O–H groups in total. The molecule has 0 atom stereocenters. The highest BCUT2D eigenvalue weighted by atomic mass is 32.1. The van der Waals surface area contributed by atoms with E-state index in [2.05, 4.69) is 10.6 Å². The summed E-state index contributed by atoms with van der Waals surface area (Å²) >= 11 is 1.36. The molecule has 3 aromatic rings. The van der Waals surface area contributed by atoms with E-state index in [4.69, 9.17) is 4.74 Å². The third-order valence-corrected chi connectivity index (χ3v) is 4.76. The molecule has 6 nitrogen and oxygen atoms in total. The number of carbonyl (C=O) groups is 3. The van der Waals surface area contributed by atoms with Gasteiger partial charge in [-0.25, -0.2) is 4.79 Å². The molecule has 146 valence electrons. The topological polar surface area (TPSA) is 84.5 Å². The molecule has 29 heavy (non-hydrogen) atoms. The van der Waals surface area contributed by atoms with Gasteiger partial charge in [0.05, 0.1) is 4.88 Å². The van der Waals surface area contributed by atoms with Crippen LogP contribution in [0.5, 0.6) is 5.75 Å². The van der Waals surface area contributed by atoms with Gasteiger partial charge < -0.3 is 15.4 Å². The summed E-state index contributed by atoms with van der Waals surface area (Å²) in [5.74, 6) is -0.524. The van der Waals surface area contributed by atoms with E-state index in [9.17, 15) is 14.4 Å². The van der Waals surface area contributed by atoms with Crippen LogP contribution in [-0.2, 0) is 4.79 Å². The fourth-order valence-corrected chi connectivity index (χ4v) is 3.03. The van der Waals surface area contributed by atoms with Gasteiger partial charge in [0.1, 0.15) is 5.75 Å². The van der Waals surface area contributed by atoms with E-state index in [0.29, 0.717) is 21.9 Å². The van der Waals surface area contributed by atoms with Gasteiger partial charge in [-0.2, -0.15) is 0 Å². The molecule has 0 radical (unpaired) electrons. The Labute approximate surface area is 171 Å². The fraction of sp³-hybridized carbons (Fsp3) is 0.0455. The lowest BCUT2D eigenvalue weighted by molar-refractivity contribution is -0.128. The van der Waals surface area contributed by atoms with Gasteiger partial charge in [0, 0.05) is 24.4 Å². The maximum atomic E-state index is 12.0. The number of ether oxygens (including phenoxy) is 1. The zero-order chi connectivity index (χ0) is 20.6. The smallest absolute Gasteiger partial charge is 0.336 e.